The highest BCUT2D eigenvalue weighted by Crippen LogP contribution is 2.10. The smallest absolute Gasteiger partial charge is 0.268 e. The zero-order valence-corrected chi connectivity index (χ0v) is 11.4. The molecule has 0 aliphatic rings. The average molecular weight is 264 g/mol. The fourth-order valence-corrected chi connectivity index (χ4v) is 2.00. The number of thiazole rings is 1. The van der Waals surface area contributed by atoms with Gasteiger partial charge in [-0.2, -0.15) is 4.99 Å². The average Bonchev–Trinajstić information content (AvgIpc) is 2.52. The van der Waals surface area contributed by atoms with Crippen LogP contribution in [0.25, 0.3) is 0 Å². The van der Waals surface area contributed by atoms with E-state index in [9.17, 15) is 4.79 Å². The lowest BCUT2D eigenvalue weighted by molar-refractivity contribution is -0.122. The first-order valence-electron chi connectivity index (χ1n) is 4.95. The zero-order valence-electron chi connectivity index (χ0n) is 9.77. The van der Waals surface area contributed by atoms with Gasteiger partial charge in [0.1, 0.15) is 0 Å². The van der Waals surface area contributed by atoms with Crippen molar-refractivity contribution in [1.29, 1.82) is 0 Å². The summed E-state index contributed by atoms with van der Waals surface area (Å²) in [6.45, 7) is 3.74. The molecule has 1 atom stereocenters. The van der Waals surface area contributed by atoms with Crippen LogP contribution in [-0.4, -0.2) is 16.0 Å². The van der Waals surface area contributed by atoms with E-state index in [1.807, 2.05) is 30.1 Å². The van der Waals surface area contributed by atoms with Crippen molar-refractivity contribution in [3.8, 4) is 0 Å². The number of hydrogen-bond donors (Lipinski definition) is 1. The second-order valence-electron chi connectivity index (χ2n) is 3.88. The van der Waals surface area contributed by atoms with Gasteiger partial charge in [0.25, 0.3) is 5.91 Å². The third-order valence-electron chi connectivity index (χ3n) is 2.21. The molecular formula is C10H18ClN3OS. The van der Waals surface area contributed by atoms with Gasteiger partial charge in [0, 0.05) is 18.6 Å². The molecule has 0 radical (unpaired) electrons. The molecule has 1 rings (SSSR count). The van der Waals surface area contributed by atoms with Crippen molar-refractivity contribution in [3.63, 3.8) is 0 Å². The number of rotatable bonds is 3. The van der Waals surface area contributed by atoms with Gasteiger partial charge in [0.15, 0.2) is 4.80 Å². The Kier molecular flexibility index (Phi) is 5.92. The number of amides is 1. The third kappa shape index (κ3) is 3.73. The van der Waals surface area contributed by atoms with Crippen molar-refractivity contribution in [1.82, 2.24) is 4.57 Å². The van der Waals surface area contributed by atoms with Crippen LogP contribution in [0.4, 0.5) is 0 Å². The quantitative estimate of drug-likeness (QED) is 0.897. The minimum atomic E-state index is -0.842. The van der Waals surface area contributed by atoms with Crippen LogP contribution in [0.5, 0.6) is 0 Å². The van der Waals surface area contributed by atoms with E-state index < -0.39 is 5.54 Å². The molecule has 16 heavy (non-hydrogen) atoms. The highest BCUT2D eigenvalue weighted by atomic mass is 35.5. The molecule has 1 aromatic heterocycles. The molecule has 0 saturated carbocycles. The van der Waals surface area contributed by atoms with Crippen molar-refractivity contribution in [3.05, 3.63) is 16.4 Å². The molecule has 0 spiro atoms. The Morgan fingerprint density at radius 2 is 2.31 bits per heavy atom. The Hall–Kier alpha value is -0.650. The predicted molar refractivity (Wildman–Crippen MR) is 68.6 cm³/mol. The van der Waals surface area contributed by atoms with Gasteiger partial charge >= 0.3 is 0 Å². The highest BCUT2D eigenvalue weighted by molar-refractivity contribution is 7.07. The third-order valence-corrected chi connectivity index (χ3v) is 3.06. The molecule has 1 amide bonds. The van der Waals surface area contributed by atoms with E-state index in [4.69, 9.17) is 5.73 Å². The van der Waals surface area contributed by atoms with E-state index in [0.717, 1.165) is 6.42 Å². The maximum Gasteiger partial charge on any atom is 0.268 e. The van der Waals surface area contributed by atoms with Crippen LogP contribution < -0.4 is 10.5 Å². The van der Waals surface area contributed by atoms with E-state index in [1.54, 1.807) is 6.92 Å². The van der Waals surface area contributed by atoms with Crippen molar-refractivity contribution in [2.45, 2.75) is 32.2 Å². The topological polar surface area (TPSA) is 60.4 Å². The van der Waals surface area contributed by atoms with Crippen molar-refractivity contribution < 1.29 is 4.79 Å². The molecule has 1 unspecified atom stereocenters. The van der Waals surface area contributed by atoms with Crippen LogP contribution in [0.3, 0.4) is 0 Å². The molecule has 0 aliphatic carbocycles. The van der Waals surface area contributed by atoms with Crippen molar-refractivity contribution in [2.24, 2.45) is 17.8 Å². The first-order chi connectivity index (χ1) is 6.97. The van der Waals surface area contributed by atoms with Crippen molar-refractivity contribution in [2.75, 3.05) is 0 Å². The van der Waals surface area contributed by atoms with Gasteiger partial charge in [-0.05, 0) is 13.3 Å². The number of aryl methyl sites for hydroxylation is 1. The number of nitrogens with zero attached hydrogens (tertiary/aromatic N) is 2. The molecule has 0 aromatic carbocycles. The van der Waals surface area contributed by atoms with E-state index in [-0.39, 0.29) is 18.3 Å². The van der Waals surface area contributed by atoms with Crippen LogP contribution in [0, 0.1) is 0 Å². The number of nitrogens with two attached hydrogens (primary N) is 1. The molecule has 1 heterocycles. The Morgan fingerprint density at radius 1 is 1.69 bits per heavy atom. The lowest BCUT2D eigenvalue weighted by Gasteiger charge is -2.18. The van der Waals surface area contributed by atoms with Gasteiger partial charge in [0.05, 0.1) is 5.54 Å². The van der Waals surface area contributed by atoms with Gasteiger partial charge in [-0.25, -0.2) is 0 Å². The van der Waals surface area contributed by atoms with Crippen LogP contribution in [0.15, 0.2) is 16.6 Å². The molecule has 0 aliphatic heterocycles. The van der Waals surface area contributed by atoms with Gasteiger partial charge in [-0.15, -0.1) is 23.7 Å². The second kappa shape index (κ2) is 6.18. The highest BCUT2D eigenvalue weighted by Gasteiger charge is 2.26. The lowest BCUT2D eigenvalue weighted by atomic mass is 9.97. The SMILES string of the molecule is CCCC(C)(N)C(=O)N=c1sccn1C.Cl. The fourth-order valence-electron chi connectivity index (χ4n) is 1.28. The molecule has 0 saturated heterocycles. The largest absolute Gasteiger partial charge is 0.327 e. The summed E-state index contributed by atoms with van der Waals surface area (Å²) in [6, 6.07) is 0. The summed E-state index contributed by atoms with van der Waals surface area (Å²) in [5.74, 6) is -0.248. The normalized spacial score (nSPS) is 15.4. The van der Waals surface area contributed by atoms with E-state index in [1.165, 1.54) is 11.3 Å². The van der Waals surface area contributed by atoms with Crippen molar-refractivity contribution >= 4 is 29.7 Å². The minimum Gasteiger partial charge on any atom is -0.327 e. The Labute approximate surface area is 106 Å². The summed E-state index contributed by atoms with van der Waals surface area (Å²) in [6.07, 6.45) is 3.40. The summed E-state index contributed by atoms with van der Waals surface area (Å²) < 4.78 is 1.81. The Balaban J connectivity index is 0.00000225. The molecule has 92 valence electrons. The van der Waals surface area contributed by atoms with Gasteiger partial charge in [-0.3, -0.25) is 4.79 Å². The van der Waals surface area contributed by atoms with E-state index in [2.05, 4.69) is 4.99 Å². The molecule has 2 N–H and O–H groups in total. The molecule has 1 aromatic rings. The number of hydrogen-bond acceptors (Lipinski definition) is 3. The van der Waals surface area contributed by atoms with Gasteiger partial charge in [0.2, 0.25) is 0 Å². The summed E-state index contributed by atoms with van der Waals surface area (Å²) in [5.41, 5.74) is 5.05. The number of carbonyl (C=O) groups is 1. The Morgan fingerprint density at radius 3 is 2.75 bits per heavy atom. The van der Waals surface area contributed by atoms with Gasteiger partial charge in [-0.1, -0.05) is 13.3 Å². The Bertz CT molecular complexity index is 408. The number of halogens is 1. The first-order valence-corrected chi connectivity index (χ1v) is 5.83. The van der Waals surface area contributed by atoms with Gasteiger partial charge < -0.3 is 10.3 Å². The molecular weight excluding hydrogens is 246 g/mol. The molecule has 0 bridgehead atoms. The van der Waals surface area contributed by atoms with Crippen LogP contribution in [0.1, 0.15) is 26.7 Å². The van der Waals surface area contributed by atoms with Crippen LogP contribution in [0.2, 0.25) is 0 Å². The zero-order chi connectivity index (χ0) is 11.5. The number of carbonyl (C=O) groups excluding carboxylic acids is 1. The predicted octanol–water partition coefficient (Wildman–Crippen LogP) is 1.45. The first kappa shape index (κ1) is 15.3. The monoisotopic (exact) mass is 263 g/mol. The van der Waals surface area contributed by atoms with Crippen LogP contribution >= 0.6 is 23.7 Å². The van der Waals surface area contributed by atoms with E-state index >= 15 is 0 Å². The summed E-state index contributed by atoms with van der Waals surface area (Å²) in [5, 5.41) is 1.89. The lowest BCUT2D eigenvalue weighted by Crippen LogP contribution is -2.44. The minimum absolute atomic E-state index is 0. The second-order valence-corrected chi connectivity index (χ2v) is 4.75. The molecule has 0 fully saturated rings. The summed E-state index contributed by atoms with van der Waals surface area (Å²) in [4.78, 5) is 16.5. The van der Waals surface area contributed by atoms with Crippen LogP contribution in [-0.2, 0) is 11.8 Å². The molecule has 6 heteroatoms. The standard InChI is InChI=1S/C10H17N3OS.ClH/c1-4-5-10(2,11)8(14)12-9-13(3)6-7-15-9;/h6-7H,4-5,11H2,1-3H3;1H. The maximum absolute atomic E-state index is 11.8. The molecule has 4 nitrogen and oxygen atoms in total. The summed E-state index contributed by atoms with van der Waals surface area (Å²) in [7, 11) is 1.86. The van der Waals surface area contributed by atoms with E-state index in [0.29, 0.717) is 11.2 Å². The fraction of sp³-hybridized carbons (Fsp3) is 0.600. The summed E-state index contributed by atoms with van der Waals surface area (Å²) >= 11 is 1.43. The maximum atomic E-state index is 11.8. The number of aromatic nitrogens is 1.